The first kappa shape index (κ1) is 29.5. The summed E-state index contributed by atoms with van der Waals surface area (Å²) in [5.41, 5.74) is 1.65. The molecule has 0 saturated heterocycles. The average Bonchev–Trinajstić information content (AvgIpc) is 2.81. The molecule has 4 rings (SSSR count). The van der Waals surface area contributed by atoms with Gasteiger partial charge in [0.25, 0.3) is 0 Å². The summed E-state index contributed by atoms with van der Waals surface area (Å²) in [5, 5.41) is 46.3. The van der Waals surface area contributed by atoms with E-state index in [1.807, 2.05) is 0 Å². The van der Waals surface area contributed by atoms with Crippen LogP contribution in [0.2, 0.25) is 0 Å². The number of carbonyl (C=O) groups excluding carboxylic acids is 3. The number of carbonyl (C=O) groups is 3. The second kappa shape index (κ2) is 10.8. The maximum absolute atomic E-state index is 13.3. The Kier molecular flexibility index (Phi) is 8.40. The number of fused-ring (bicyclic) bond motifs is 3. The predicted octanol–water partition coefficient (Wildman–Crippen LogP) is 1.36. The van der Waals surface area contributed by atoms with E-state index < -0.39 is 64.9 Å². The zero-order valence-corrected chi connectivity index (χ0v) is 23.2. The Bertz CT molecular complexity index is 972. The molecule has 0 spiro atoms. The lowest BCUT2D eigenvalue weighted by Gasteiger charge is -2.59. The van der Waals surface area contributed by atoms with Crippen LogP contribution in [0, 0.1) is 46.8 Å². The number of hydrogen-bond donors (Lipinski definition) is 5. The van der Waals surface area contributed by atoms with Gasteiger partial charge in [-0.3, -0.25) is 14.4 Å². The number of hydroxylamine groups is 1. The predicted molar refractivity (Wildman–Crippen MR) is 138 cm³/mol. The third-order valence-electron chi connectivity index (χ3n) is 9.84. The van der Waals surface area contributed by atoms with Crippen molar-refractivity contribution < 1.29 is 39.6 Å². The Balaban J connectivity index is 1.64. The summed E-state index contributed by atoms with van der Waals surface area (Å²) in [6.45, 7) is 8.14. The maximum atomic E-state index is 13.3. The molecule has 4 aliphatic carbocycles. The topological polar surface area (TPSA) is 153 Å². The second-order valence-corrected chi connectivity index (χ2v) is 13.4. The summed E-state index contributed by atoms with van der Waals surface area (Å²) in [6.07, 6.45) is 1.61. The van der Waals surface area contributed by atoms with Gasteiger partial charge in [0.05, 0.1) is 25.4 Å². The molecule has 9 heteroatoms. The Morgan fingerprint density at radius 3 is 2.45 bits per heavy atom. The van der Waals surface area contributed by atoms with E-state index in [0.29, 0.717) is 19.4 Å². The fourth-order valence-electron chi connectivity index (χ4n) is 8.04. The molecule has 4 aliphatic rings. The van der Waals surface area contributed by atoms with E-state index in [1.165, 1.54) is 0 Å². The van der Waals surface area contributed by atoms with Crippen LogP contribution in [-0.2, 0) is 19.2 Å². The van der Waals surface area contributed by atoms with Crippen molar-refractivity contribution >= 4 is 17.3 Å². The van der Waals surface area contributed by atoms with Gasteiger partial charge in [0, 0.05) is 30.7 Å². The van der Waals surface area contributed by atoms with Gasteiger partial charge in [-0.2, -0.15) is 0 Å². The first-order valence-corrected chi connectivity index (χ1v) is 14.0. The van der Waals surface area contributed by atoms with Gasteiger partial charge >= 0.3 is 0 Å². The highest BCUT2D eigenvalue weighted by molar-refractivity contribution is 6.22. The van der Waals surface area contributed by atoms with Crippen LogP contribution in [0.1, 0.15) is 66.2 Å². The van der Waals surface area contributed by atoms with Crippen LogP contribution in [0.15, 0.2) is 11.6 Å². The number of ketones is 3. The lowest BCUT2D eigenvalue weighted by atomic mass is 9.48. The van der Waals surface area contributed by atoms with Gasteiger partial charge in [-0.1, -0.05) is 26.8 Å². The highest BCUT2D eigenvalue weighted by Crippen LogP contribution is 2.57. The lowest BCUT2D eigenvalue weighted by Crippen LogP contribution is -2.71. The molecule has 11 atom stereocenters. The maximum Gasteiger partial charge on any atom is 0.185 e. The van der Waals surface area contributed by atoms with E-state index in [1.54, 1.807) is 7.11 Å². The average molecular weight is 536 g/mol. The molecule has 0 aromatic rings. The van der Waals surface area contributed by atoms with Crippen molar-refractivity contribution in [2.45, 2.75) is 90.1 Å². The number of nitrogens with one attached hydrogen (secondary N) is 1. The Morgan fingerprint density at radius 2 is 1.84 bits per heavy atom. The Hall–Kier alpha value is -1.49. The van der Waals surface area contributed by atoms with Crippen LogP contribution in [0.25, 0.3) is 0 Å². The highest BCUT2D eigenvalue weighted by Gasteiger charge is 2.67. The van der Waals surface area contributed by atoms with E-state index in [9.17, 15) is 34.8 Å². The van der Waals surface area contributed by atoms with Crippen LogP contribution >= 0.6 is 0 Å². The monoisotopic (exact) mass is 535 g/mol. The fourth-order valence-corrected chi connectivity index (χ4v) is 8.04. The minimum atomic E-state index is -2.28. The summed E-state index contributed by atoms with van der Waals surface area (Å²) in [5.74, 6) is -6.37. The molecule has 0 bridgehead atoms. The minimum Gasteiger partial charge on any atom is -0.392 e. The van der Waals surface area contributed by atoms with E-state index in [0.717, 1.165) is 25.3 Å². The number of aliphatic hydroxyl groups excluding tert-OH is 3. The summed E-state index contributed by atoms with van der Waals surface area (Å²) < 4.78 is 0. The highest BCUT2D eigenvalue weighted by atomic mass is 16.6. The summed E-state index contributed by atoms with van der Waals surface area (Å²) >= 11 is 0. The molecule has 3 saturated carbocycles. The molecule has 0 aliphatic heterocycles. The summed E-state index contributed by atoms with van der Waals surface area (Å²) in [4.78, 5) is 43.1. The van der Waals surface area contributed by atoms with Gasteiger partial charge in [-0.15, -0.1) is 0 Å². The van der Waals surface area contributed by atoms with Crippen molar-refractivity contribution in [3.05, 3.63) is 11.6 Å². The van der Waals surface area contributed by atoms with Crippen LogP contribution in [0.3, 0.4) is 0 Å². The first-order chi connectivity index (χ1) is 17.7. The van der Waals surface area contributed by atoms with E-state index in [2.05, 4.69) is 32.3 Å². The van der Waals surface area contributed by atoms with Gasteiger partial charge in [0.1, 0.15) is 11.7 Å². The fraction of sp³-hybridized carbons (Fsp3) is 0.828. The molecular weight excluding hydrogens is 490 g/mol. The molecule has 0 heterocycles. The van der Waals surface area contributed by atoms with Crippen LogP contribution in [-0.4, -0.2) is 75.3 Å². The van der Waals surface area contributed by atoms with Crippen LogP contribution in [0.4, 0.5) is 0 Å². The molecule has 0 amide bonds. The normalized spacial score (nSPS) is 43.1. The van der Waals surface area contributed by atoms with E-state index >= 15 is 0 Å². The number of rotatable bonds is 7. The zero-order chi connectivity index (χ0) is 28.2. The summed E-state index contributed by atoms with van der Waals surface area (Å²) in [6, 6.07) is 0. The van der Waals surface area contributed by atoms with Gasteiger partial charge in [-0.25, -0.2) is 5.48 Å². The quantitative estimate of drug-likeness (QED) is 0.185. The molecule has 8 unspecified atom stereocenters. The summed E-state index contributed by atoms with van der Waals surface area (Å²) in [7, 11) is 1.54. The third-order valence-corrected chi connectivity index (χ3v) is 9.84. The van der Waals surface area contributed by atoms with Crippen molar-refractivity contribution in [2.24, 2.45) is 46.8 Å². The molecule has 0 aromatic carbocycles. The molecule has 214 valence electrons. The smallest absolute Gasteiger partial charge is 0.185 e. The van der Waals surface area contributed by atoms with E-state index in [-0.39, 0.29) is 36.0 Å². The molecule has 0 aromatic heterocycles. The molecule has 38 heavy (non-hydrogen) atoms. The third kappa shape index (κ3) is 5.06. The first-order valence-electron chi connectivity index (χ1n) is 14.0. The number of hydrogen-bond acceptors (Lipinski definition) is 9. The van der Waals surface area contributed by atoms with Crippen LogP contribution in [0.5, 0.6) is 0 Å². The molecule has 9 nitrogen and oxygen atoms in total. The van der Waals surface area contributed by atoms with Gasteiger partial charge in [0.15, 0.2) is 17.2 Å². The van der Waals surface area contributed by atoms with Crippen molar-refractivity contribution in [1.82, 2.24) is 5.48 Å². The van der Waals surface area contributed by atoms with Crippen molar-refractivity contribution in [1.29, 1.82) is 0 Å². The Labute approximate surface area is 225 Å². The SMILES string of the molecule is CONCC1C=C(CCCC(C)(C)C)C(O)C2C(O)C3C(O)[C@]4(O)C(=O)C(C(C)=O)C(=O)C[C@@H]4C[C@@H]3CC12. The van der Waals surface area contributed by atoms with Crippen molar-refractivity contribution in [3.63, 3.8) is 0 Å². The molecule has 5 N–H and O–H groups in total. The van der Waals surface area contributed by atoms with Gasteiger partial charge < -0.3 is 25.3 Å². The zero-order valence-electron chi connectivity index (χ0n) is 23.2. The standard InChI is InChI=1S/C29H45NO8/c1-14(31)21-20(32)12-18-10-16-11-19-17(13-30-38-5)9-15(7-6-8-28(2,3)4)24(33)23(19)25(34)22(16)27(36)29(18,37)26(21)35/h9,16-19,21-25,27,30,33-34,36-37H,6-8,10-13H2,1-5H3/t16-,17?,18+,19?,21?,22?,23?,24?,25?,27?,29-/m1/s1. The van der Waals surface area contributed by atoms with Crippen molar-refractivity contribution in [2.75, 3.05) is 13.7 Å². The largest absolute Gasteiger partial charge is 0.392 e. The lowest BCUT2D eigenvalue weighted by molar-refractivity contribution is -0.229. The molecular formula is C29H45NO8. The molecule has 3 fully saturated rings. The molecule has 0 radical (unpaired) electrons. The minimum absolute atomic E-state index is 0.0294. The van der Waals surface area contributed by atoms with Gasteiger partial charge in [-0.05, 0) is 67.8 Å². The van der Waals surface area contributed by atoms with E-state index in [4.69, 9.17) is 4.84 Å². The Morgan fingerprint density at radius 1 is 1.16 bits per heavy atom. The number of Topliss-reactive ketones (excluding diaryl/α,β-unsaturated/α-hetero) is 3. The second-order valence-electron chi connectivity index (χ2n) is 13.4. The van der Waals surface area contributed by atoms with Gasteiger partial charge in [0.2, 0.25) is 0 Å². The number of aliphatic hydroxyl groups is 4. The van der Waals surface area contributed by atoms with Crippen molar-refractivity contribution in [3.8, 4) is 0 Å². The van der Waals surface area contributed by atoms with Crippen LogP contribution < -0.4 is 5.48 Å².